The van der Waals surface area contributed by atoms with E-state index >= 15 is 0 Å². The van der Waals surface area contributed by atoms with Crippen molar-refractivity contribution >= 4 is 11.8 Å². The Labute approximate surface area is 108 Å². The number of hydrogen-bond acceptors (Lipinski definition) is 5. The Balaban J connectivity index is 2.90. The molecule has 0 aliphatic carbocycles. The van der Waals surface area contributed by atoms with Crippen LogP contribution in [0.5, 0.6) is 0 Å². The summed E-state index contributed by atoms with van der Waals surface area (Å²) in [6.07, 6.45) is 4.42. The highest BCUT2D eigenvalue weighted by Gasteiger charge is 2.17. The molecule has 0 saturated carbocycles. The highest BCUT2D eigenvalue weighted by atomic mass is 19.1. The maximum Gasteiger partial charge on any atom is 0.239 e. The van der Waals surface area contributed by atoms with Crippen molar-refractivity contribution in [1.82, 2.24) is 9.97 Å². The normalized spacial score (nSPS) is 10.8. The van der Waals surface area contributed by atoms with E-state index < -0.39 is 5.82 Å². The molecule has 18 heavy (non-hydrogen) atoms. The largest absolute Gasteiger partial charge is 0.352 e. The first kappa shape index (κ1) is 14.6. The molecule has 0 fully saturated rings. The third-order valence-corrected chi connectivity index (χ3v) is 2.75. The Morgan fingerprint density at radius 3 is 2.72 bits per heavy atom. The van der Waals surface area contributed by atoms with Gasteiger partial charge in [0.1, 0.15) is 0 Å². The van der Waals surface area contributed by atoms with Crippen LogP contribution in [0.4, 0.5) is 16.2 Å². The van der Waals surface area contributed by atoms with Crippen LogP contribution in [0.3, 0.4) is 0 Å². The van der Waals surface area contributed by atoms with Crippen LogP contribution >= 0.6 is 0 Å². The van der Waals surface area contributed by atoms with Crippen molar-refractivity contribution in [1.29, 1.82) is 0 Å². The van der Waals surface area contributed by atoms with Crippen molar-refractivity contribution in [2.24, 2.45) is 5.84 Å². The van der Waals surface area contributed by atoms with Crippen molar-refractivity contribution < 1.29 is 4.39 Å². The van der Waals surface area contributed by atoms with Crippen LogP contribution in [-0.2, 0) is 0 Å². The number of nitrogens with one attached hydrogen (secondary N) is 1. The minimum Gasteiger partial charge on any atom is -0.352 e. The topological polar surface area (TPSA) is 67.1 Å². The van der Waals surface area contributed by atoms with Gasteiger partial charge in [0.25, 0.3) is 0 Å². The van der Waals surface area contributed by atoms with Crippen molar-refractivity contribution in [2.45, 2.75) is 46.1 Å². The molecule has 1 heterocycles. The van der Waals surface area contributed by atoms with Gasteiger partial charge in [0, 0.05) is 12.6 Å². The monoisotopic (exact) mass is 255 g/mol. The van der Waals surface area contributed by atoms with Gasteiger partial charge in [0.05, 0.1) is 6.20 Å². The molecule has 0 aliphatic rings. The molecule has 1 aromatic heterocycles. The SMILES string of the molecule is CCCCCN(c1nc(NN)ncc1F)C(C)C. The number of hydrogen-bond donors (Lipinski definition) is 2. The van der Waals surface area contributed by atoms with E-state index in [1.54, 1.807) is 0 Å². The Morgan fingerprint density at radius 1 is 1.44 bits per heavy atom. The fourth-order valence-corrected chi connectivity index (χ4v) is 1.77. The van der Waals surface area contributed by atoms with Crippen LogP contribution in [-0.4, -0.2) is 22.6 Å². The number of halogens is 1. The van der Waals surface area contributed by atoms with Crippen LogP contribution in [0.25, 0.3) is 0 Å². The zero-order valence-corrected chi connectivity index (χ0v) is 11.3. The molecular weight excluding hydrogens is 233 g/mol. The summed E-state index contributed by atoms with van der Waals surface area (Å²) in [6.45, 7) is 6.96. The Hall–Kier alpha value is -1.43. The highest BCUT2D eigenvalue weighted by molar-refractivity contribution is 5.44. The zero-order valence-electron chi connectivity index (χ0n) is 11.3. The van der Waals surface area contributed by atoms with Gasteiger partial charge in [-0.1, -0.05) is 19.8 Å². The van der Waals surface area contributed by atoms with Gasteiger partial charge in [-0.25, -0.2) is 15.2 Å². The number of rotatable bonds is 7. The molecule has 3 N–H and O–H groups in total. The molecule has 0 spiro atoms. The first-order chi connectivity index (χ1) is 8.60. The van der Waals surface area contributed by atoms with Crippen LogP contribution < -0.4 is 16.2 Å². The van der Waals surface area contributed by atoms with E-state index in [2.05, 4.69) is 22.3 Å². The lowest BCUT2D eigenvalue weighted by Crippen LogP contribution is -2.33. The van der Waals surface area contributed by atoms with Crippen molar-refractivity contribution in [3.63, 3.8) is 0 Å². The summed E-state index contributed by atoms with van der Waals surface area (Å²) >= 11 is 0. The molecule has 0 amide bonds. The smallest absolute Gasteiger partial charge is 0.239 e. The second kappa shape index (κ2) is 7.10. The van der Waals surface area contributed by atoms with Gasteiger partial charge in [0.2, 0.25) is 5.95 Å². The average Bonchev–Trinajstić information content (AvgIpc) is 2.35. The first-order valence-corrected chi connectivity index (χ1v) is 6.36. The summed E-state index contributed by atoms with van der Waals surface area (Å²) in [5.41, 5.74) is 2.34. The third-order valence-electron chi connectivity index (χ3n) is 2.75. The molecule has 5 nitrogen and oxygen atoms in total. The predicted octanol–water partition coefficient (Wildman–Crippen LogP) is 2.31. The highest BCUT2D eigenvalue weighted by Crippen LogP contribution is 2.20. The van der Waals surface area contributed by atoms with E-state index in [1.807, 2.05) is 18.7 Å². The van der Waals surface area contributed by atoms with Crippen LogP contribution in [0, 0.1) is 5.82 Å². The molecule has 1 rings (SSSR count). The van der Waals surface area contributed by atoms with E-state index in [0.717, 1.165) is 32.0 Å². The summed E-state index contributed by atoms with van der Waals surface area (Å²) in [6, 6.07) is 0.178. The van der Waals surface area contributed by atoms with Gasteiger partial charge in [0.15, 0.2) is 11.6 Å². The summed E-state index contributed by atoms with van der Waals surface area (Å²) in [4.78, 5) is 9.78. The van der Waals surface area contributed by atoms with E-state index in [9.17, 15) is 4.39 Å². The number of anilines is 2. The molecule has 0 radical (unpaired) electrons. The van der Waals surface area contributed by atoms with E-state index in [-0.39, 0.29) is 12.0 Å². The quantitative estimate of drug-likeness (QED) is 0.444. The van der Waals surface area contributed by atoms with Crippen LogP contribution in [0.15, 0.2) is 6.20 Å². The molecule has 0 atom stereocenters. The lowest BCUT2D eigenvalue weighted by molar-refractivity contribution is 0.570. The number of nitrogens with two attached hydrogens (primary N) is 1. The number of aromatic nitrogens is 2. The summed E-state index contributed by atoms with van der Waals surface area (Å²) in [5.74, 6) is 5.37. The molecule has 6 heteroatoms. The summed E-state index contributed by atoms with van der Waals surface area (Å²) < 4.78 is 13.8. The fraction of sp³-hybridized carbons (Fsp3) is 0.667. The maximum atomic E-state index is 13.8. The number of hydrazine groups is 1. The van der Waals surface area contributed by atoms with Crippen molar-refractivity contribution in [3.8, 4) is 0 Å². The standard InChI is InChI=1S/C12H22FN5/c1-4-5-6-7-18(9(2)3)11-10(13)8-15-12(16-11)17-14/h8-9H,4-7,14H2,1-3H3,(H,15,16,17). The van der Waals surface area contributed by atoms with E-state index in [4.69, 9.17) is 5.84 Å². The summed E-state index contributed by atoms with van der Waals surface area (Å²) in [7, 11) is 0. The first-order valence-electron chi connectivity index (χ1n) is 6.36. The molecule has 0 aliphatic heterocycles. The maximum absolute atomic E-state index is 13.8. The van der Waals surface area contributed by atoms with E-state index in [1.165, 1.54) is 0 Å². The van der Waals surface area contributed by atoms with Gasteiger partial charge in [-0.3, -0.25) is 5.43 Å². The van der Waals surface area contributed by atoms with Gasteiger partial charge in [-0.05, 0) is 20.3 Å². The molecule has 0 aromatic carbocycles. The number of unbranched alkanes of at least 4 members (excludes halogenated alkanes) is 2. The number of nitrogens with zero attached hydrogens (tertiary/aromatic N) is 3. The average molecular weight is 255 g/mol. The fourth-order valence-electron chi connectivity index (χ4n) is 1.77. The Kier molecular flexibility index (Phi) is 5.77. The Bertz CT molecular complexity index is 369. The van der Waals surface area contributed by atoms with Gasteiger partial charge in [-0.15, -0.1) is 0 Å². The Morgan fingerprint density at radius 2 is 2.17 bits per heavy atom. The van der Waals surface area contributed by atoms with Gasteiger partial charge in [-0.2, -0.15) is 4.98 Å². The molecule has 1 aromatic rings. The van der Waals surface area contributed by atoms with Crippen molar-refractivity contribution in [3.05, 3.63) is 12.0 Å². The van der Waals surface area contributed by atoms with Gasteiger partial charge < -0.3 is 4.90 Å². The number of nitrogen functional groups attached to an aromatic ring is 1. The van der Waals surface area contributed by atoms with Crippen LogP contribution in [0.1, 0.15) is 40.0 Å². The molecule has 0 bridgehead atoms. The summed E-state index contributed by atoms with van der Waals surface area (Å²) in [5, 5.41) is 0. The van der Waals surface area contributed by atoms with Crippen LogP contribution in [0.2, 0.25) is 0 Å². The molecule has 0 unspecified atom stereocenters. The second-order valence-electron chi connectivity index (χ2n) is 4.50. The minimum atomic E-state index is -0.417. The predicted molar refractivity (Wildman–Crippen MR) is 71.8 cm³/mol. The molecular formula is C12H22FN5. The third kappa shape index (κ3) is 3.80. The molecule has 0 saturated heterocycles. The lowest BCUT2D eigenvalue weighted by atomic mass is 10.2. The van der Waals surface area contributed by atoms with Crippen molar-refractivity contribution in [2.75, 3.05) is 16.9 Å². The second-order valence-corrected chi connectivity index (χ2v) is 4.50. The molecule has 102 valence electrons. The zero-order chi connectivity index (χ0) is 13.5. The lowest BCUT2D eigenvalue weighted by Gasteiger charge is -2.28. The minimum absolute atomic E-state index is 0.178. The van der Waals surface area contributed by atoms with Gasteiger partial charge >= 0.3 is 0 Å². The van der Waals surface area contributed by atoms with E-state index in [0.29, 0.717) is 5.82 Å².